The van der Waals surface area contributed by atoms with E-state index in [4.69, 9.17) is 4.74 Å². The summed E-state index contributed by atoms with van der Waals surface area (Å²) in [5.74, 6) is 0. The van der Waals surface area contributed by atoms with Gasteiger partial charge in [-0.1, -0.05) is 0 Å². The summed E-state index contributed by atoms with van der Waals surface area (Å²) < 4.78 is 44.5. The zero-order valence-corrected chi connectivity index (χ0v) is 11.8. The summed E-state index contributed by atoms with van der Waals surface area (Å²) >= 11 is 0.716. The van der Waals surface area contributed by atoms with Crippen LogP contribution in [0.2, 0.25) is 0 Å². The van der Waals surface area contributed by atoms with E-state index in [1.165, 1.54) is 0 Å². The summed E-state index contributed by atoms with van der Waals surface area (Å²) in [7, 11) is 0. The molecule has 2 aliphatic rings. The van der Waals surface area contributed by atoms with Gasteiger partial charge < -0.3 is 15.2 Å². The van der Waals surface area contributed by atoms with Crippen LogP contribution in [0, 0.1) is 0 Å². The first-order valence-electron chi connectivity index (χ1n) is 6.59. The fraction of sp³-hybridized carbons (Fsp3) is 0.692. The maximum Gasteiger partial charge on any atom is 0.425 e. The third-order valence-corrected chi connectivity index (χ3v) is 5.37. The highest BCUT2D eigenvalue weighted by Crippen LogP contribution is 2.50. The second-order valence-electron chi connectivity index (χ2n) is 5.52. The van der Waals surface area contributed by atoms with E-state index in [0.717, 1.165) is 6.07 Å². The summed E-state index contributed by atoms with van der Waals surface area (Å²) in [5, 5.41) is 13.2. The van der Waals surface area contributed by atoms with E-state index in [0.29, 0.717) is 41.2 Å². The SMILES string of the molecule is C[C@H]1C[C@@]2(CCN1)OC[C@@H](O)c1cc(C(F)(F)F)sc12. The number of thiophene rings is 1. The van der Waals surface area contributed by atoms with Crippen LogP contribution in [-0.2, 0) is 16.5 Å². The van der Waals surface area contributed by atoms with Crippen LogP contribution in [0.1, 0.15) is 41.2 Å². The minimum absolute atomic E-state index is 0.0632. The predicted molar refractivity (Wildman–Crippen MR) is 68.6 cm³/mol. The largest absolute Gasteiger partial charge is 0.425 e. The van der Waals surface area contributed by atoms with E-state index in [9.17, 15) is 18.3 Å². The molecule has 1 aromatic rings. The van der Waals surface area contributed by atoms with Gasteiger partial charge in [0, 0.05) is 16.5 Å². The lowest BCUT2D eigenvalue weighted by Gasteiger charge is -2.43. The van der Waals surface area contributed by atoms with Gasteiger partial charge >= 0.3 is 6.18 Å². The van der Waals surface area contributed by atoms with Crippen LogP contribution in [0.3, 0.4) is 0 Å². The normalized spacial score (nSPS) is 34.2. The fourth-order valence-corrected chi connectivity index (χ4v) is 4.33. The van der Waals surface area contributed by atoms with Gasteiger partial charge in [-0.25, -0.2) is 0 Å². The molecule has 3 rings (SSSR count). The number of alkyl halides is 3. The number of hydrogen-bond donors (Lipinski definition) is 2. The van der Waals surface area contributed by atoms with Crippen molar-refractivity contribution in [2.45, 2.75) is 43.7 Å². The molecule has 7 heteroatoms. The Morgan fingerprint density at radius 3 is 2.90 bits per heavy atom. The van der Waals surface area contributed by atoms with Gasteiger partial charge in [-0.15, -0.1) is 11.3 Å². The first-order chi connectivity index (χ1) is 9.32. The Balaban J connectivity index is 2.06. The Bertz CT molecular complexity index is 516. The number of aliphatic hydroxyl groups excluding tert-OH is 1. The van der Waals surface area contributed by atoms with Gasteiger partial charge in [0.05, 0.1) is 6.61 Å². The Labute approximate surface area is 118 Å². The van der Waals surface area contributed by atoms with E-state index in [1.54, 1.807) is 0 Å². The molecule has 1 fully saturated rings. The Hall–Kier alpha value is -0.630. The molecule has 0 bridgehead atoms. The second-order valence-corrected chi connectivity index (χ2v) is 6.58. The van der Waals surface area contributed by atoms with Crippen LogP contribution in [0.4, 0.5) is 13.2 Å². The van der Waals surface area contributed by atoms with Crippen molar-refractivity contribution in [1.82, 2.24) is 5.32 Å². The Morgan fingerprint density at radius 1 is 1.50 bits per heavy atom. The number of halogens is 3. The topological polar surface area (TPSA) is 41.5 Å². The second kappa shape index (κ2) is 4.69. The van der Waals surface area contributed by atoms with Crippen molar-refractivity contribution >= 4 is 11.3 Å². The third kappa shape index (κ3) is 2.26. The zero-order valence-electron chi connectivity index (χ0n) is 11.0. The van der Waals surface area contributed by atoms with Crippen molar-refractivity contribution in [2.24, 2.45) is 0 Å². The fourth-order valence-electron chi connectivity index (χ4n) is 3.07. The molecule has 0 amide bonds. The molecule has 0 radical (unpaired) electrons. The Morgan fingerprint density at radius 2 is 2.25 bits per heavy atom. The molecule has 1 spiro atoms. The number of ether oxygens (including phenoxy) is 1. The predicted octanol–water partition coefficient (Wildman–Crippen LogP) is 2.80. The molecular formula is C13H16F3NO2S. The van der Waals surface area contributed by atoms with Crippen LogP contribution in [0.5, 0.6) is 0 Å². The van der Waals surface area contributed by atoms with Crippen molar-refractivity contribution in [1.29, 1.82) is 0 Å². The molecule has 0 aromatic carbocycles. The average Bonchev–Trinajstić information content (AvgIpc) is 2.81. The number of hydrogen-bond acceptors (Lipinski definition) is 4. The number of aliphatic hydroxyl groups is 1. The highest BCUT2D eigenvalue weighted by molar-refractivity contribution is 7.12. The van der Waals surface area contributed by atoms with Gasteiger partial charge in [-0.2, -0.15) is 13.2 Å². The Kier molecular flexibility index (Phi) is 3.36. The summed E-state index contributed by atoms with van der Waals surface area (Å²) in [6.45, 7) is 2.76. The van der Waals surface area contributed by atoms with Crippen LogP contribution in [0.15, 0.2) is 6.07 Å². The molecule has 1 saturated heterocycles. The third-order valence-electron chi connectivity index (χ3n) is 3.99. The van der Waals surface area contributed by atoms with Gasteiger partial charge in [-0.3, -0.25) is 0 Å². The molecule has 2 aliphatic heterocycles. The minimum atomic E-state index is -4.37. The lowest BCUT2D eigenvalue weighted by Crippen LogP contribution is -2.48. The summed E-state index contributed by atoms with van der Waals surface area (Å²) in [4.78, 5) is -0.102. The van der Waals surface area contributed by atoms with Crippen molar-refractivity contribution < 1.29 is 23.0 Å². The number of piperidine rings is 1. The zero-order chi connectivity index (χ0) is 14.5. The van der Waals surface area contributed by atoms with Crippen molar-refractivity contribution in [3.05, 3.63) is 21.4 Å². The lowest BCUT2D eigenvalue weighted by molar-refractivity contribution is -0.134. The minimum Gasteiger partial charge on any atom is -0.386 e. The van der Waals surface area contributed by atoms with Crippen molar-refractivity contribution in [3.8, 4) is 0 Å². The van der Waals surface area contributed by atoms with Crippen molar-refractivity contribution in [3.63, 3.8) is 0 Å². The van der Waals surface area contributed by atoms with Crippen LogP contribution in [0.25, 0.3) is 0 Å². The molecule has 3 heterocycles. The van der Waals surface area contributed by atoms with E-state index >= 15 is 0 Å². The van der Waals surface area contributed by atoms with Crippen LogP contribution in [-0.4, -0.2) is 24.3 Å². The number of nitrogens with one attached hydrogen (secondary N) is 1. The molecule has 3 atom stereocenters. The highest BCUT2D eigenvalue weighted by Gasteiger charge is 2.47. The molecular weight excluding hydrogens is 291 g/mol. The maximum atomic E-state index is 12.9. The van der Waals surface area contributed by atoms with Crippen LogP contribution < -0.4 is 5.32 Å². The summed E-state index contributed by atoms with van der Waals surface area (Å²) in [6, 6.07) is 1.27. The van der Waals surface area contributed by atoms with Crippen LogP contribution >= 0.6 is 11.3 Å². The van der Waals surface area contributed by atoms with Gasteiger partial charge in [0.15, 0.2) is 0 Å². The van der Waals surface area contributed by atoms with Gasteiger partial charge in [-0.05, 0) is 32.4 Å². The van der Waals surface area contributed by atoms with Gasteiger partial charge in [0.1, 0.15) is 16.6 Å². The first kappa shape index (κ1) is 14.3. The monoisotopic (exact) mass is 307 g/mol. The molecule has 2 N–H and O–H groups in total. The van der Waals surface area contributed by atoms with Crippen molar-refractivity contribution in [2.75, 3.05) is 13.2 Å². The quantitative estimate of drug-likeness (QED) is 0.774. The molecule has 0 saturated carbocycles. The summed E-state index contributed by atoms with van der Waals surface area (Å²) in [6.07, 6.45) is -4.07. The maximum absolute atomic E-state index is 12.9. The standard InChI is InChI=1S/C13H16F3NO2S/c1-7-5-12(2-3-17-7)11-8(9(18)6-19-12)4-10(20-11)13(14,15)16/h4,7,9,17-18H,2-3,5-6H2,1H3/t7-,9+,12+/m0/s1. The highest BCUT2D eigenvalue weighted by atomic mass is 32.1. The number of rotatable bonds is 0. The van der Waals surface area contributed by atoms with E-state index in [1.807, 2.05) is 6.92 Å². The summed E-state index contributed by atoms with van der Waals surface area (Å²) in [5.41, 5.74) is -0.282. The van der Waals surface area contributed by atoms with E-state index in [2.05, 4.69) is 5.32 Å². The molecule has 112 valence electrons. The smallest absolute Gasteiger partial charge is 0.386 e. The molecule has 3 nitrogen and oxygen atoms in total. The lowest BCUT2D eigenvalue weighted by atomic mass is 9.82. The average molecular weight is 307 g/mol. The van der Waals surface area contributed by atoms with E-state index < -0.39 is 22.8 Å². The molecule has 0 unspecified atom stereocenters. The molecule has 0 aliphatic carbocycles. The molecule has 1 aromatic heterocycles. The first-order valence-corrected chi connectivity index (χ1v) is 7.40. The molecule has 20 heavy (non-hydrogen) atoms. The van der Waals surface area contributed by atoms with Gasteiger partial charge in [0.2, 0.25) is 0 Å². The van der Waals surface area contributed by atoms with E-state index in [-0.39, 0.29) is 12.6 Å². The number of fused-ring (bicyclic) bond motifs is 2. The van der Waals surface area contributed by atoms with Gasteiger partial charge in [0.25, 0.3) is 0 Å².